The molecule has 2 heterocycles. The van der Waals surface area contributed by atoms with Crippen LogP contribution in [0, 0.1) is 22.7 Å². The second-order valence-corrected chi connectivity index (χ2v) is 13.8. The van der Waals surface area contributed by atoms with Gasteiger partial charge in [-0.1, -0.05) is 26.8 Å². The molecule has 2 spiro atoms. The van der Waals surface area contributed by atoms with Crippen LogP contribution in [-0.4, -0.2) is 58.7 Å². The van der Waals surface area contributed by atoms with Crippen molar-refractivity contribution in [1.29, 1.82) is 0 Å². The molecule has 1 aromatic carbocycles. The van der Waals surface area contributed by atoms with E-state index in [0.29, 0.717) is 11.8 Å². The quantitative estimate of drug-likeness (QED) is 0.687. The molecule has 5 nitrogen and oxygen atoms in total. The van der Waals surface area contributed by atoms with Crippen molar-refractivity contribution in [2.24, 2.45) is 22.7 Å². The molecule has 5 fully saturated rings. The maximum Gasteiger partial charge on any atom is 0.165 e. The van der Waals surface area contributed by atoms with Crippen LogP contribution in [0.4, 0.5) is 0 Å². The van der Waals surface area contributed by atoms with Crippen molar-refractivity contribution in [2.75, 3.05) is 20.2 Å². The van der Waals surface area contributed by atoms with Gasteiger partial charge in [0.25, 0.3) is 0 Å². The molecule has 0 aromatic heterocycles. The monoisotopic (exact) mass is 467 g/mol. The summed E-state index contributed by atoms with van der Waals surface area (Å²) in [6.07, 6.45) is 7.64. The Hall–Kier alpha value is -1.30. The summed E-state index contributed by atoms with van der Waals surface area (Å²) >= 11 is 0. The van der Waals surface area contributed by atoms with Crippen LogP contribution in [0.3, 0.4) is 0 Å². The SMILES string of the molecule is CO[C@@]12CC[C@@]3(C[C@@H]1[C@](C)(O)C(C)(C)C)[C@H]1Cc4ccc(O)c5c4[C@@]3(CCN1CC1CC1)[C@@H]2O5. The number of fused-ring (bicyclic) bond motifs is 2. The lowest BCUT2D eigenvalue weighted by atomic mass is 9.33. The molecule has 8 rings (SSSR count). The number of nitrogens with zero attached hydrogens (tertiary/aromatic N) is 1. The highest BCUT2D eigenvalue weighted by Crippen LogP contribution is 2.78. The van der Waals surface area contributed by atoms with Crippen LogP contribution in [0.25, 0.3) is 0 Å². The summed E-state index contributed by atoms with van der Waals surface area (Å²) in [6.45, 7) is 10.8. The molecule has 4 bridgehead atoms. The molecular formula is C29H41NO4. The van der Waals surface area contributed by atoms with Crippen LogP contribution < -0.4 is 4.74 Å². The number of hydrogen-bond acceptors (Lipinski definition) is 5. The largest absolute Gasteiger partial charge is 0.504 e. The summed E-state index contributed by atoms with van der Waals surface area (Å²) in [5, 5.41) is 23.2. The van der Waals surface area contributed by atoms with Crippen LogP contribution in [0.5, 0.6) is 11.5 Å². The molecule has 0 amide bonds. The topological polar surface area (TPSA) is 62.2 Å². The molecule has 2 aliphatic heterocycles. The lowest BCUT2D eigenvalue weighted by Crippen LogP contribution is -2.83. The summed E-state index contributed by atoms with van der Waals surface area (Å²) in [5.41, 5.74) is 0.783. The molecule has 0 radical (unpaired) electrons. The number of likely N-dealkylation sites (tertiary alicyclic amines) is 1. The summed E-state index contributed by atoms with van der Waals surface area (Å²) in [5.74, 6) is 1.80. The van der Waals surface area contributed by atoms with Gasteiger partial charge in [0.1, 0.15) is 11.7 Å². The number of rotatable bonds is 4. The number of aliphatic hydroxyl groups is 1. The predicted octanol–water partition coefficient (Wildman–Crippen LogP) is 4.41. The Morgan fingerprint density at radius 2 is 1.91 bits per heavy atom. The number of hydrogen-bond donors (Lipinski definition) is 2. The standard InChI is InChI=1S/C29H41NO4/c1-25(2,3)26(4,32)20-15-27-10-11-29(20,33-5)24-28(27)12-13-30(16-17-6-7-17)21(27)14-18-8-9-19(31)23(34-24)22(18)28/h8-9,17,20-21,24,31-32H,6-7,10-16H2,1-5H3/t20-,21-,24+,26+,27-,28+,29+/m1/s1. The molecule has 1 aromatic rings. The van der Waals surface area contributed by atoms with Gasteiger partial charge in [-0.05, 0) is 81.4 Å². The average Bonchev–Trinajstić information content (AvgIpc) is 3.53. The number of aromatic hydroxyl groups is 1. The van der Waals surface area contributed by atoms with Gasteiger partial charge in [0.15, 0.2) is 11.5 Å². The molecule has 5 aliphatic carbocycles. The van der Waals surface area contributed by atoms with Gasteiger partial charge in [0.05, 0.1) is 5.60 Å². The van der Waals surface area contributed by atoms with E-state index in [2.05, 4.69) is 31.7 Å². The maximum atomic E-state index is 12.2. The lowest BCUT2D eigenvalue weighted by Gasteiger charge is -2.75. The van der Waals surface area contributed by atoms with Crippen LogP contribution >= 0.6 is 0 Å². The minimum atomic E-state index is -0.909. The number of piperidine rings is 1. The molecule has 1 saturated heterocycles. The van der Waals surface area contributed by atoms with Crippen molar-refractivity contribution in [1.82, 2.24) is 4.90 Å². The molecule has 7 aliphatic rings. The number of ether oxygens (including phenoxy) is 2. The van der Waals surface area contributed by atoms with Crippen molar-refractivity contribution in [3.8, 4) is 11.5 Å². The summed E-state index contributed by atoms with van der Waals surface area (Å²) in [6, 6.07) is 4.46. The molecular weight excluding hydrogens is 426 g/mol. The first-order chi connectivity index (χ1) is 16.0. The zero-order valence-corrected chi connectivity index (χ0v) is 21.5. The van der Waals surface area contributed by atoms with E-state index < -0.39 is 11.2 Å². The Morgan fingerprint density at radius 3 is 2.59 bits per heavy atom. The van der Waals surface area contributed by atoms with Gasteiger partial charge < -0.3 is 19.7 Å². The lowest BCUT2D eigenvalue weighted by molar-refractivity contribution is -0.312. The summed E-state index contributed by atoms with van der Waals surface area (Å²) < 4.78 is 13.5. The van der Waals surface area contributed by atoms with Gasteiger partial charge in [-0.15, -0.1) is 0 Å². The first-order valence-corrected chi connectivity index (χ1v) is 13.6. The van der Waals surface area contributed by atoms with E-state index in [1.165, 1.54) is 30.5 Å². The van der Waals surface area contributed by atoms with Crippen molar-refractivity contribution >= 4 is 0 Å². The molecule has 2 N–H and O–H groups in total. The minimum Gasteiger partial charge on any atom is -0.504 e. The summed E-state index contributed by atoms with van der Waals surface area (Å²) in [7, 11) is 1.83. The van der Waals surface area contributed by atoms with E-state index in [1.54, 1.807) is 0 Å². The second-order valence-electron chi connectivity index (χ2n) is 13.8. The third-order valence-electron chi connectivity index (χ3n) is 11.9. The molecule has 7 atom stereocenters. The molecule has 34 heavy (non-hydrogen) atoms. The van der Waals surface area contributed by atoms with Crippen molar-refractivity contribution < 1.29 is 19.7 Å². The van der Waals surface area contributed by atoms with Crippen LogP contribution in [0.2, 0.25) is 0 Å². The Kier molecular flexibility index (Phi) is 4.08. The number of benzene rings is 1. The third-order valence-corrected chi connectivity index (χ3v) is 11.9. The van der Waals surface area contributed by atoms with Crippen LogP contribution in [0.1, 0.15) is 77.3 Å². The predicted molar refractivity (Wildman–Crippen MR) is 130 cm³/mol. The van der Waals surface area contributed by atoms with Crippen molar-refractivity contribution in [2.45, 2.75) is 101 Å². The van der Waals surface area contributed by atoms with Gasteiger partial charge in [0, 0.05) is 42.0 Å². The smallest absolute Gasteiger partial charge is 0.165 e. The zero-order valence-electron chi connectivity index (χ0n) is 21.5. The fourth-order valence-electron chi connectivity index (χ4n) is 9.58. The Labute approximate surface area is 203 Å². The average molecular weight is 468 g/mol. The Balaban J connectivity index is 1.47. The van der Waals surface area contributed by atoms with E-state index in [4.69, 9.17) is 9.47 Å². The summed E-state index contributed by atoms with van der Waals surface area (Å²) in [4.78, 5) is 2.82. The molecule has 4 saturated carbocycles. The maximum absolute atomic E-state index is 12.2. The Morgan fingerprint density at radius 1 is 1.15 bits per heavy atom. The van der Waals surface area contributed by atoms with Gasteiger partial charge in [-0.25, -0.2) is 0 Å². The van der Waals surface area contributed by atoms with E-state index in [0.717, 1.165) is 44.6 Å². The van der Waals surface area contributed by atoms with Gasteiger partial charge in [-0.2, -0.15) is 0 Å². The first-order valence-electron chi connectivity index (χ1n) is 13.6. The van der Waals surface area contributed by atoms with Gasteiger partial charge in [0.2, 0.25) is 0 Å². The van der Waals surface area contributed by atoms with E-state index in [1.807, 2.05) is 20.1 Å². The highest BCUT2D eigenvalue weighted by atomic mass is 16.6. The first kappa shape index (κ1) is 21.9. The number of phenols is 1. The normalized spacial score (nSPS) is 43.9. The molecule has 0 unspecified atom stereocenters. The minimum absolute atomic E-state index is 0.0294. The fraction of sp³-hybridized carbons (Fsp3) is 0.793. The van der Waals surface area contributed by atoms with E-state index in [9.17, 15) is 10.2 Å². The van der Waals surface area contributed by atoms with Crippen molar-refractivity contribution in [3.05, 3.63) is 23.3 Å². The van der Waals surface area contributed by atoms with E-state index >= 15 is 0 Å². The zero-order chi connectivity index (χ0) is 23.9. The third kappa shape index (κ3) is 2.25. The van der Waals surface area contributed by atoms with Gasteiger partial charge >= 0.3 is 0 Å². The number of methoxy groups -OCH3 is 1. The van der Waals surface area contributed by atoms with Gasteiger partial charge in [-0.3, -0.25) is 4.90 Å². The highest BCUT2D eigenvalue weighted by Gasteiger charge is 2.82. The molecule has 186 valence electrons. The number of phenolic OH excluding ortho intramolecular Hbond substituents is 1. The second kappa shape index (κ2) is 6.33. The highest BCUT2D eigenvalue weighted by molar-refractivity contribution is 5.63. The molecule has 5 heteroatoms. The fourth-order valence-corrected chi connectivity index (χ4v) is 9.58. The van der Waals surface area contributed by atoms with Crippen molar-refractivity contribution in [3.63, 3.8) is 0 Å². The Bertz CT molecular complexity index is 1060. The van der Waals surface area contributed by atoms with Crippen LogP contribution in [-0.2, 0) is 16.6 Å². The van der Waals surface area contributed by atoms with Crippen LogP contribution in [0.15, 0.2) is 12.1 Å². The van der Waals surface area contributed by atoms with E-state index in [-0.39, 0.29) is 34.0 Å².